The van der Waals surface area contributed by atoms with Gasteiger partial charge in [-0.25, -0.2) is 13.4 Å². The molecular formula is C24H25N5O2S2. The third kappa shape index (κ3) is 4.23. The molecule has 0 amide bonds. The van der Waals surface area contributed by atoms with E-state index in [1.54, 1.807) is 22.5 Å². The van der Waals surface area contributed by atoms with Crippen LogP contribution in [-0.4, -0.2) is 54.1 Å². The molecule has 0 unspecified atom stereocenters. The highest BCUT2D eigenvalue weighted by Gasteiger charge is 2.29. The molecule has 2 aromatic carbocycles. The predicted molar refractivity (Wildman–Crippen MR) is 132 cm³/mol. The number of nitrogens with zero attached hydrogens (tertiary/aromatic N) is 5. The van der Waals surface area contributed by atoms with Crippen molar-refractivity contribution in [2.24, 2.45) is 0 Å². The fourth-order valence-electron chi connectivity index (χ4n) is 4.23. The molecule has 1 aliphatic rings. The van der Waals surface area contributed by atoms with E-state index >= 15 is 0 Å². The maximum absolute atomic E-state index is 13.2. The van der Waals surface area contributed by atoms with E-state index in [9.17, 15) is 8.42 Å². The highest BCUT2D eigenvalue weighted by atomic mass is 32.2. The zero-order valence-electron chi connectivity index (χ0n) is 18.8. The van der Waals surface area contributed by atoms with Crippen LogP contribution >= 0.6 is 11.3 Å². The Kier molecular flexibility index (Phi) is 5.64. The van der Waals surface area contributed by atoms with E-state index in [4.69, 9.17) is 0 Å². The number of rotatable bonds is 4. The lowest BCUT2D eigenvalue weighted by Crippen LogP contribution is -2.49. The lowest BCUT2D eigenvalue weighted by Gasteiger charge is -2.34. The van der Waals surface area contributed by atoms with E-state index in [-0.39, 0.29) is 0 Å². The summed E-state index contributed by atoms with van der Waals surface area (Å²) in [7, 11) is -3.55. The summed E-state index contributed by atoms with van der Waals surface area (Å²) in [5.74, 6) is 0.766. The van der Waals surface area contributed by atoms with Crippen molar-refractivity contribution in [3.63, 3.8) is 0 Å². The van der Waals surface area contributed by atoms with Gasteiger partial charge in [-0.3, -0.25) is 0 Å². The molecule has 0 N–H and O–H groups in total. The van der Waals surface area contributed by atoms with Crippen molar-refractivity contribution in [2.45, 2.75) is 25.7 Å². The molecule has 0 radical (unpaired) electrons. The lowest BCUT2D eigenvalue weighted by atomic mass is 10.0. The van der Waals surface area contributed by atoms with Crippen LogP contribution in [0.5, 0.6) is 0 Å². The number of hydrogen-bond acceptors (Lipinski definition) is 7. The van der Waals surface area contributed by atoms with Crippen LogP contribution in [0, 0.1) is 20.8 Å². The summed E-state index contributed by atoms with van der Waals surface area (Å²) >= 11 is 1.51. The Morgan fingerprint density at radius 1 is 0.879 bits per heavy atom. The quantitative estimate of drug-likeness (QED) is 0.437. The largest absolute Gasteiger partial charge is 0.352 e. The Hall–Kier alpha value is -2.88. The third-order valence-corrected chi connectivity index (χ3v) is 8.80. The molecule has 0 atom stereocenters. The minimum Gasteiger partial charge on any atom is -0.352 e. The molecule has 9 heteroatoms. The lowest BCUT2D eigenvalue weighted by molar-refractivity contribution is 0.383. The molecule has 0 spiro atoms. The summed E-state index contributed by atoms with van der Waals surface area (Å²) in [4.78, 5) is 6.82. The monoisotopic (exact) mass is 479 g/mol. The Labute approximate surface area is 197 Å². The van der Waals surface area contributed by atoms with Gasteiger partial charge in [-0.05, 0) is 56.7 Å². The molecule has 5 rings (SSSR count). The van der Waals surface area contributed by atoms with Crippen LogP contribution in [0.3, 0.4) is 0 Å². The molecule has 2 aromatic heterocycles. The third-order valence-electron chi connectivity index (χ3n) is 5.98. The predicted octanol–water partition coefficient (Wildman–Crippen LogP) is 4.19. The van der Waals surface area contributed by atoms with Gasteiger partial charge < -0.3 is 4.90 Å². The summed E-state index contributed by atoms with van der Waals surface area (Å²) < 4.78 is 28.9. The smallest absolute Gasteiger partial charge is 0.243 e. The van der Waals surface area contributed by atoms with E-state index in [1.165, 1.54) is 22.5 Å². The molecule has 4 aromatic rings. The second-order valence-electron chi connectivity index (χ2n) is 8.35. The summed E-state index contributed by atoms with van der Waals surface area (Å²) in [5.41, 5.74) is 5.14. The first-order chi connectivity index (χ1) is 15.8. The minimum atomic E-state index is -3.55. The average molecular weight is 480 g/mol. The first kappa shape index (κ1) is 21.9. The highest BCUT2D eigenvalue weighted by Crippen LogP contribution is 2.28. The van der Waals surface area contributed by atoms with Gasteiger partial charge >= 0.3 is 0 Å². The molecular weight excluding hydrogens is 454 g/mol. The van der Waals surface area contributed by atoms with Crippen molar-refractivity contribution >= 4 is 37.4 Å². The second-order valence-corrected chi connectivity index (χ2v) is 11.5. The van der Waals surface area contributed by atoms with Crippen LogP contribution in [0.15, 0.2) is 53.4 Å². The number of thiazole rings is 1. The van der Waals surface area contributed by atoms with Crippen molar-refractivity contribution in [3.05, 3.63) is 64.7 Å². The van der Waals surface area contributed by atoms with E-state index in [1.807, 2.05) is 19.1 Å². The number of aryl methyl sites for hydroxylation is 3. The number of fused-ring (bicyclic) bond motifs is 1. The molecule has 0 bridgehead atoms. The number of aromatic nitrogens is 3. The van der Waals surface area contributed by atoms with E-state index in [2.05, 4.69) is 52.1 Å². The SMILES string of the molecule is Cc1ccc(-c2ccc(N3CCN(S(=O)(=O)c4ccc5nc(C)sc5c4)CC3)nn2)c(C)c1. The van der Waals surface area contributed by atoms with Crippen LogP contribution in [0.2, 0.25) is 0 Å². The summed E-state index contributed by atoms with van der Waals surface area (Å²) in [6, 6.07) is 15.4. The van der Waals surface area contributed by atoms with Crippen LogP contribution in [0.1, 0.15) is 16.1 Å². The van der Waals surface area contributed by atoms with Gasteiger partial charge in [0.05, 0.1) is 25.8 Å². The van der Waals surface area contributed by atoms with Crippen LogP contribution in [0.4, 0.5) is 5.82 Å². The second kappa shape index (κ2) is 8.48. The Balaban J connectivity index is 1.29. The zero-order valence-corrected chi connectivity index (χ0v) is 20.4. The molecule has 1 saturated heterocycles. The van der Waals surface area contributed by atoms with Crippen molar-refractivity contribution < 1.29 is 8.42 Å². The van der Waals surface area contributed by atoms with Crippen molar-refractivity contribution in [1.82, 2.24) is 19.5 Å². The number of benzene rings is 2. The van der Waals surface area contributed by atoms with Gasteiger partial charge in [-0.1, -0.05) is 23.8 Å². The van der Waals surface area contributed by atoms with Crippen molar-refractivity contribution in [3.8, 4) is 11.3 Å². The van der Waals surface area contributed by atoms with Gasteiger partial charge in [0.15, 0.2) is 5.82 Å². The van der Waals surface area contributed by atoms with Crippen LogP contribution in [-0.2, 0) is 10.0 Å². The maximum atomic E-state index is 13.2. The van der Waals surface area contributed by atoms with Crippen LogP contribution < -0.4 is 4.90 Å². The first-order valence-corrected chi connectivity index (χ1v) is 13.1. The summed E-state index contributed by atoms with van der Waals surface area (Å²) in [6.45, 7) is 8.02. The molecule has 0 saturated carbocycles. The van der Waals surface area contributed by atoms with Crippen molar-refractivity contribution in [1.29, 1.82) is 0 Å². The summed E-state index contributed by atoms with van der Waals surface area (Å²) in [6.07, 6.45) is 0. The fourth-order valence-corrected chi connectivity index (χ4v) is 6.62. The normalized spacial score (nSPS) is 15.3. The van der Waals surface area contributed by atoms with Gasteiger partial charge in [0.2, 0.25) is 10.0 Å². The van der Waals surface area contributed by atoms with Gasteiger partial charge in [-0.15, -0.1) is 21.5 Å². The molecule has 3 heterocycles. The summed E-state index contributed by atoms with van der Waals surface area (Å²) in [5, 5.41) is 9.79. The standard InChI is InChI=1S/C24H25N5O2S2/c1-16-4-6-20(17(2)14-16)21-8-9-24(27-26-21)28-10-12-29(13-11-28)33(30,31)19-5-7-22-23(15-19)32-18(3)25-22/h4-9,14-15H,10-13H2,1-3H3. The number of piperazine rings is 1. The van der Waals surface area contributed by atoms with E-state index in [0.29, 0.717) is 31.1 Å². The molecule has 1 aliphatic heterocycles. The Bertz CT molecular complexity index is 1420. The number of sulfonamides is 1. The minimum absolute atomic E-state index is 0.324. The Morgan fingerprint density at radius 2 is 1.67 bits per heavy atom. The first-order valence-electron chi connectivity index (χ1n) is 10.8. The zero-order chi connectivity index (χ0) is 23.2. The fraction of sp³-hybridized carbons (Fsp3) is 0.292. The molecule has 33 heavy (non-hydrogen) atoms. The maximum Gasteiger partial charge on any atom is 0.243 e. The van der Waals surface area contributed by atoms with E-state index in [0.717, 1.165) is 32.3 Å². The molecule has 7 nitrogen and oxygen atoms in total. The van der Waals surface area contributed by atoms with Gasteiger partial charge in [-0.2, -0.15) is 4.31 Å². The average Bonchev–Trinajstić information content (AvgIpc) is 3.19. The molecule has 170 valence electrons. The van der Waals surface area contributed by atoms with E-state index < -0.39 is 10.0 Å². The van der Waals surface area contributed by atoms with Crippen molar-refractivity contribution in [2.75, 3.05) is 31.1 Å². The van der Waals surface area contributed by atoms with Crippen LogP contribution in [0.25, 0.3) is 21.5 Å². The number of anilines is 1. The topological polar surface area (TPSA) is 79.3 Å². The molecule has 1 fully saturated rings. The Morgan fingerprint density at radius 3 is 2.36 bits per heavy atom. The van der Waals surface area contributed by atoms with Gasteiger partial charge in [0.25, 0.3) is 0 Å². The molecule has 0 aliphatic carbocycles. The van der Waals surface area contributed by atoms with Gasteiger partial charge in [0, 0.05) is 31.7 Å². The highest BCUT2D eigenvalue weighted by molar-refractivity contribution is 7.89. The van der Waals surface area contributed by atoms with Gasteiger partial charge in [0.1, 0.15) is 0 Å². The number of hydrogen-bond donors (Lipinski definition) is 0.